The molecule has 2 heterocycles. The Balaban J connectivity index is 2.54. The third-order valence-electron chi connectivity index (χ3n) is 2.81. The number of nitrogens with zero attached hydrogens (tertiary/aromatic N) is 3. The van der Waals surface area contributed by atoms with Crippen LogP contribution in [0.4, 0.5) is 0 Å². The van der Waals surface area contributed by atoms with Crippen LogP contribution in [0, 0.1) is 0 Å². The summed E-state index contributed by atoms with van der Waals surface area (Å²) in [5.41, 5.74) is 2.80. The third kappa shape index (κ3) is 0.747. The first-order chi connectivity index (χ1) is 7.43. The Morgan fingerprint density at radius 3 is 2.93 bits per heavy atom. The molecule has 70 valence electrons. The molecule has 4 nitrogen and oxygen atoms in total. The van der Waals surface area contributed by atoms with Crippen molar-refractivity contribution in [2.75, 3.05) is 0 Å². The molecule has 2 aromatic heterocycles. The van der Waals surface area contributed by atoms with Crippen LogP contribution in [0.1, 0.15) is 0 Å². The lowest BCUT2D eigenvalue weighted by Gasteiger charge is -1.98. The van der Waals surface area contributed by atoms with E-state index in [9.17, 15) is 0 Å². The monoisotopic (exact) mass is 194 g/mol. The summed E-state index contributed by atoms with van der Waals surface area (Å²) in [6.45, 7) is 0. The Morgan fingerprint density at radius 1 is 0.933 bits per heavy atom. The second kappa shape index (κ2) is 2.23. The maximum Gasteiger partial charge on any atom is 0.165 e. The summed E-state index contributed by atoms with van der Waals surface area (Å²) in [5, 5.41) is 15.2. The van der Waals surface area contributed by atoms with Crippen molar-refractivity contribution in [1.29, 1.82) is 0 Å². The summed E-state index contributed by atoms with van der Waals surface area (Å²) < 4.78 is 0. The number of H-pyrrole nitrogens is 1. The molecule has 0 aliphatic heterocycles. The minimum atomic E-state index is 0.812. The van der Waals surface area contributed by atoms with Crippen LogP contribution in [0.25, 0.3) is 32.8 Å². The molecular weight excluding hydrogens is 188 g/mol. The van der Waals surface area contributed by atoms with Gasteiger partial charge in [0, 0.05) is 10.9 Å². The zero-order valence-electron chi connectivity index (χ0n) is 7.73. The first kappa shape index (κ1) is 7.11. The summed E-state index contributed by atoms with van der Waals surface area (Å²) in [5.74, 6) is 0. The first-order valence-corrected chi connectivity index (χ1v) is 4.75. The van der Waals surface area contributed by atoms with Gasteiger partial charge in [-0.1, -0.05) is 18.2 Å². The van der Waals surface area contributed by atoms with Crippen LogP contribution in [-0.4, -0.2) is 20.4 Å². The van der Waals surface area contributed by atoms with Crippen LogP contribution in [0.3, 0.4) is 0 Å². The Kier molecular flexibility index (Phi) is 1.06. The van der Waals surface area contributed by atoms with Crippen LogP contribution in [-0.2, 0) is 0 Å². The van der Waals surface area contributed by atoms with Gasteiger partial charge in [0.15, 0.2) is 5.65 Å². The molecular formula is C11H6N4. The molecule has 1 N–H and O–H groups in total. The van der Waals surface area contributed by atoms with Gasteiger partial charge in [-0.15, -0.1) is 10.2 Å². The van der Waals surface area contributed by atoms with Gasteiger partial charge in [0.25, 0.3) is 0 Å². The van der Waals surface area contributed by atoms with Crippen LogP contribution in [0.5, 0.6) is 0 Å². The molecule has 0 spiro atoms. The molecule has 2 aromatic carbocycles. The normalized spacial score (nSPS) is 12.0. The van der Waals surface area contributed by atoms with E-state index in [-0.39, 0.29) is 0 Å². The molecule has 15 heavy (non-hydrogen) atoms. The quantitative estimate of drug-likeness (QED) is 0.436. The number of nitrogens with one attached hydrogen (secondary N) is 1. The van der Waals surface area contributed by atoms with Crippen molar-refractivity contribution in [2.45, 2.75) is 0 Å². The molecule has 0 bridgehead atoms. The molecule has 0 saturated carbocycles. The summed E-state index contributed by atoms with van der Waals surface area (Å²) in [6.07, 6.45) is 0. The van der Waals surface area contributed by atoms with Crippen molar-refractivity contribution in [3.63, 3.8) is 0 Å². The highest BCUT2D eigenvalue weighted by molar-refractivity contribution is 6.20. The Morgan fingerprint density at radius 2 is 1.93 bits per heavy atom. The molecule has 0 saturated heterocycles. The van der Waals surface area contributed by atoms with E-state index in [1.807, 2.05) is 18.2 Å². The van der Waals surface area contributed by atoms with E-state index < -0.39 is 0 Å². The predicted octanol–water partition coefficient (Wildman–Crippen LogP) is 2.10. The SMILES string of the molecule is c1cc2ccc3nnnc4[nH]c(c1)c2c34. The zero-order chi connectivity index (χ0) is 9.83. The summed E-state index contributed by atoms with van der Waals surface area (Å²) in [4.78, 5) is 3.25. The average molecular weight is 194 g/mol. The van der Waals surface area contributed by atoms with Gasteiger partial charge >= 0.3 is 0 Å². The molecule has 4 heteroatoms. The smallest absolute Gasteiger partial charge is 0.165 e. The Labute approximate surface area is 84.3 Å². The van der Waals surface area contributed by atoms with E-state index in [0.717, 1.165) is 22.1 Å². The van der Waals surface area contributed by atoms with Crippen molar-refractivity contribution in [3.8, 4) is 0 Å². The number of hydrogen-bond acceptors (Lipinski definition) is 3. The van der Waals surface area contributed by atoms with Gasteiger partial charge in [0.1, 0.15) is 0 Å². The van der Waals surface area contributed by atoms with Gasteiger partial charge in [-0.25, -0.2) is 0 Å². The van der Waals surface area contributed by atoms with E-state index >= 15 is 0 Å². The van der Waals surface area contributed by atoms with Crippen LogP contribution in [0.15, 0.2) is 30.3 Å². The lowest BCUT2D eigenvalue weighted by Crippen LogP contribution is -1.88. The fourth-order valence-electron chi connectivity index (χ4n) is 2.18. The lowest BCUT2D eigenvalue weighted by atomic mass is 10.1. The standard InChI is InChI=1S/C11H6N4/c1-2-6-4-5-8-10-9(6)7(3-1)12-11(10)14-15-13-8/h1-5H,(H,12,13,14). The number of aromatic nitrogens is 4. The maximum absolute atomic E-state index is 4.02. The van der Waals surface area contributed by atoms with Crippen LogP contribution < -0.4 is 0 Å². The number of aromatic amines is 1. The minimum Gasteiger partial charge on any atom is -0.338 e. The second-order valence-corrected chi connectivity index (χ2v) is 3.63. The van der Waals surface area contributed by atoms with E-state index in [1.165, 1.54) is 10.8 Å². The summed E-state index contributed by atoms with van der Waals surface area (Å²) >= 11 is 0. The van der Waals surface area contributed by atoms with E-state index in [0.29, 0.717) is 0 Å². The van der Waals surface area contributed by atoms with Gasteiger partial charge in [0.05, 0.1) is 10.9 Å². The topological polar surface area (TPSA) is 54.5 Å². The molecule has 4 aromatic rings. The van der Waals surface area contributed by atoms with E-state index in [2.05, 4.69) is 32.5 Å². The lowest BCUT2D eigenvalue weighted by molar-refractivity contribution is 0.911. The van der Waals surface area contributed by atoms with Crippen molar-refractivity contribution in [1.82, 2.24) is 20.4 Å². The third-order valence-corrected chi connectivity index (χ3v) is 2.81. The zero-order valence-corrected chi connectivity index (χ0v) is 7.73. The van der Waals surface area contributed by atoms with Crippen molar-refractivity contribution >= 4 is 32.8 Å². The van der Waals surface area contributed by atoms with Crippen LogP contribution >= 0.6 is 0 Å². The molecule has 0 amide bonds. The van der Waals surface area contributed by atoms with Crippen molar-refractivity contribution < 1.29 is 0 Å². The highest BCUT2D eigenvalue weighted by Gasteiger charge is 2.11. The molecule has 0 fully saturated rings. The molecule has 0 aliphatic rings. The van der Waals surface area contributed by atoms with Gasteiger partial charge in [-0.3, -0.25) is 0 Å². The Hall–Kier alpha value is -2.23. The molecule has 0 unspecified atom stereocenters. The number of hydrogen-bond donors (Lipinski definition) is 1. The van der Waals surface area contributed by atoms with Gasteiger partial charge < -0.3 is 4.98 Å². The first-order valence-electron chi connectivity index (χ1n) is 4.75. The predicted molar refractivity (Wildman–Crippen MR) is 57.9 cm³/mol. The molecule has 4 rings (SSSR count). The van der Waals surface area contributed by atoms with Gasteiger partial charge in [-0.2, -0.15) is 0 Å². The molecule has 0 aliphatic carbocycles. The Bertz CT molecular complexity index is 707. The van der Waals surface area contributed by atoms with Crippen molar-refractivity contribution in [3.05, 3.63) is 30.3 Å². The summed E-state index contributed by atoms with van der Waals surface area (Å²) in [6, 6.07) is 10.2. The van der Waals surface area contributed by atoms with Crippen molar-refractivity contribution in [2.24, 2.45) is 0 Å². The van der Waals surface area contributed by atoms with Crippen LogP contribution in [0.2, 0.25) is 0 Å². The van der Waals surface area contributed by atoms with E-state index in [1.54, 1.807) is 0 Å². The minimum absolute atomic E-state index is 0.812. The van der Waals surface area contributed by atoms with E-state index in [4.69, 9.17) is 0 Å². The summed E-state index contributed by atoms with van der Waals surface area (Å²) in [7, 11) is 0. The fraction of sp³-hybridized carbons (Fsp3) is 0. The average Bonchev–Trinajstić information content (AvgIpc) is 2.66. The molecule has 0 atom stereocenters. The van der Waals surface area contributed by atoms with Gasteiger partial charge in [0.2, 0.25) is 0 Å². The largest absolute Gasteiger partial charge is 0.338 e. The second-order valence-electron chi connectivity index (χ2n) is 3.63. The fourth-order valence-corrected chi connectivity index (χ4v) is 2.18. The number of benzene rings is 2. The molecule has 0 radical (unpaired) electrons. The highest BCUT2D eigenvalue weighted by atomic mass is 15.3. The number of rotatable bonds is 0. The highest BCUT2D eigenvalue weighted by Crippen LogP contribution is 2.31. The maximum atomic E-state index is 4.02. The van der Waals surface area contributed by atoms with Gasteiger partial charge in [-0.05, 0) is 22.7 Å².